The molecule has 132 valence electrons. The highest BCUT2D eigenvalue weighted by Crippen LogP contribution is 2.34. The van der Waals surface area contributed by atoms with Crippen LogP contribution in [0.2, 0.25) is 0 Å². The molecule has 0 amide bonds. The fourth-order valence-corrected chi connectivity index (χ4v) is 4.67. The van der Waals surface area contributed by atoms with Gasteiger partial charge in [-0.1, -0.05) is 67.1 Å². The van der Waals surface area contributed by atoms with Crippen LogP contribution in [0.4, 0.5) is 0 Å². The van der Waals surface area contributed by atoms with E-state index in [2.05, 4.69) is 70.5 Å². The van der Waals surface area contributed by atoms with Gasteiger partial charge in [0.05, 0.1) is 0 Å². The summed E-state index contributed by atoms with van der Waals surface area (Å²) in [5.74, 6) is 1.43. The third-order valence-corrected chi connectivity index (χ3v) is 5.93. The first-order valence-electron chi connectivity index (χ1n) is 9.92. The molecule has 2 aliphatic heterocycles. The number of nitrogens with zero attached hydrogens (tertiary/aromatic N) is 2. The van der Waals surface area contributed by atoms with E-state index in [1.165, 1.54) is 63.1 Å². The molecule has 0 bridgehead atoms. The average Bonchev–Trinajstić information content (AvgIpc) is 3.06. The van der Waals surface area contributed by atoms with Crippen LogP contribution in [0.5, 0.6) is 0 Å². The molecule has 2 fully saturated rings. The van der Waals surface area contributed by atoms with Gasteiger partial charge in [-0.15, -0.1) is 0 Å². The van der Waals surface area contributed by atoms with E-state index >= 15 is 0 Å². The minimum Gasteiger partial charge on any atom is -0.303 e. The molecule has 2 unspecified atom stereocenters. The molecule has 2 nitrogen and oxygen atoms in total. The second kappa shape index (κ2) is 8.16. The Morgan fingerprint density at radius 1 is 0.720 bits per heavy atom. The van der Waals surface area contributed by atoms with Crippen molar-refractivity contribution in [3.63, 3.8) is 0 Å². The molecule has 0 radical (unpaired) electrons. The molecule has 0 aliphatic carbocycles. The lowest BCUT2D eigenvalue weighted by atomic mass is 9.88. The van der Waals surface area contributed by atoms with E-state index < -0.39 is 0 Å². The molecule has 2 aliphatic rings. The SMILES string of the molecule is c1ccc(CN2CC(CN3CCCCC3)C(c3ccccc3)C2)cc1. The lowest BCUT2D eigenvalue weighted by molar-refractivity contribution is 0.188. The summed E-state index contributed by atoms with van der Waals surface area (Å²) in [6.45, 7) is 7.38. The first-order valence-corrected chi connectivity index (χ1v) is 9.92. The Morgan fingerprint density at radius 2 is 1.40 bits per heavy atom. The lowest BCUT2D eigenvalue weighted by Crippen LogP contribution is -2.36. The Balaban J connectivity index is 1.47. The molecule has 2 heteroatoms. The maximum Gasteiger partial charge on any atom is 0.0234 e. The zero-order chi connectivity index (χ0) is 16.9. The number of hydrogen-bond donors (Lipinski definition) is 0. The molecule has 4 rings (SSSR count). The predicted octanol–water partition coefficient (Wildman–Crippen LogP) is 4.39. The van der Waals surface area contributed by atoms with Gasteiger partial charge in [-0.25, -0.2) is 0 Å². The molecule has 0 N–H and O–H groups in total. The van der Waals surface area contributed by atoms with E-state index in [1.54, 1.807) is 0 Å². The van der Waals surface area contributed by atoms with Crippen molar-refractivity contribution >= 4 is 0 Å². The number of piperidine rings is 1. The molecule has 0 spiro atoms. The monoisotopic (exact) mass is 334 g/mol. The fourth-order valence-electron chi connectivity index (χ4n) is 4.67. The zero-order valence-corrected chi connectivity index (χ0v) is 15.2. The van der Waals surface area contributed by atoms with Crippen LogP contribution in [0.1, 0.15) is 36.3 Å². The average molecular weight is 335 g/mol. The summed E-state index contributed by atoms with van der Waals surface area (Å²) in [7, 11) is 0. The molecule has 0 saturated carbocycles. The van der Waals surface area contributed by atoms with Crippen molar-refractivity contribution in [3.05, 3.63) is 71.8 Å². The van der Waals surface area contributed by atoms with E-state index in [0.717, 1.165) is 12.5 Å². The van der Waals surface area contributed by atoms with E-state index in [1.807, 2.05) is 0 Å². The molecule has 2 aromatic rings. The smallest absolute Gasteiger partial charge is 0.0234 e. The van der Waals surface area contributed by atoms with Gasteiger partial charge in [-0.05, 0) is 43.0 Å². The Hall–Kier alpha value is -1.64. The van der Waals surface area contributed by atoms with Crippen molar-refractivity contribution in [2.45, 2.75) is 31.7 Å². The van der Waals surface area contributed by atoms with Crippen LogP contribution >= 0.6 is 0 Å². The van der Waals surface area contributed by atoms with E-state index in [-0.39, 0.29) is 0 Å². The van der Waals surface area contributed by atoms with Crippen LogP contribution in [0.3, 0.4) is 0 Å². The Bertz CT molecular complexity index is 634. The van der Waals surface area contributed by atoms with Gasteiger partial charge in [0.25, 0.3) is 0 Å². The van der Waals surface area contributed by atoms with Crippen LogP contribution in [0.15, 0.2) is 60.7 Å². The standard InChI is InChI=1S/C23H30N2/c1-4-10-20(11-5-1)16-25-18-22(17-24-14-8-3-9-15-24)23(19-25)21-12-6-2-7-13-21/h1-2,4-7,10-13,22-23H,3,8-9,14-19H2. The Morgan fingerprint density at radius 3 is 2.12 bits per heavy atom. The highest BCUT2D eigenvalue weighted by atomic mass is 15.2. The summed E-state index contributed by atoms with van der Waals surface area (Å²) in [6, 6.07) is 22.2. The van der Waals surface area contributed by atoms with E-state index in [4.69, 9.17) is 0 Å². The largest absolute Gasteiger partial charge is 0.303 e. The first kappa shape index (κ1) is 16.8. The summed E-state index contributed by atoms with van der Waals surface area (Å²) in [4.78, 5) is 5.39. The molecule has 2 aromatic carbocycles. The van der Waals surface area contributed by atoms with Crippen molar-refractivity contribution in [2.24, 2.45) is 5.92 Å². The van der Waals surface area contributed by atoms with Crippen molar-refractivity contribution in [2.75, 3.05) is 32.7 Å². The maximum atomic E-state index is 2.72. The molecular weight excluding hydrogens is 304 g/mol. The molecular formula is C23H30N2. The third kappa shape index (κ3) is 4.31. The number of benzene rings is 2. The predicted molar refractivity (Wildman–Crippen MR) is 105 cm³/mol. The van der Waals surface area contributed by atoms with E-state index in [9.17, 15) is 0 Å². The molecule has 0 aromatic heterocycles. The van der Waals surface area contributed by atoms with E-state index in [0.29, 0.717) is 5.92 Å². The van der Waals surface area contributed by atoms with Gasteiger partial charge in [0.2, 0.25) is 0 Å². The van der Waals surface area contributed by atoms with Gasteiger partial charge < -0.3 is 4.90 Å². The first-order chi connectivity index (χ1) is 12.4. The van der Waals surface area contributed by atoms with Crippen molar-refractivity contribution in [1.29, 1.82) is 0 Å². The van der Waals surface area contributed by atoms with Gasteiger partial charge in [0.15, 0.2) is 0 Å². The second-order valence-electron chi connectivity index (χ2n) is 7.82. The van der Waals surface area contributed by atoms with Gasteiger partial charge in [0.1, 0.15) is 0 Å². The topological polar surface area (TPSA) is 6.48 Å². The fraction of sp³-hybridized carbons (Fsp3) is 0.478. The number of hydrogen-bond acceptors (Lipinski definition) is 2. The normalized spacial score (nSPS) is 25.3. The van der Waals surface area contributed by atoms with Crippen LogP contribution < -0.4 is 0 Å². The summed E-state index contributed by atoms with van der Waals surface area (Å²) in [6.07, 6.45) is 4.19. The molecule has 2 heterocycles. The maximum absolute atomic E-state index is 2.72. The summed E-state index contributed by atoms with van der Waals surface area (Å²) in [5.41, 5.74) is 2.97. The zero-order valence-electron chi connectivity index (χ0n) is 15.2. The molecule has 25 heavy (non-hydrogen) atoms. The Kier molecular flexibility index (Phi) is 5.49. The quantitative estimate of drug-likeness (QED) is 0.800. The third-order valence-electron chi connectivity index (χ3n) is 5.93. The molecule has 2 atom stereocenters. The van der Waals surface area contributed by atoms with Crippen molar-refractivity contribution in [1.82, 2.24) is 9.80 Å². The van der Waals surface area contributed by atoms with Crippen LogP contribution in [0.25, 0.3) is 0 Å². The highest BCUT2D eigenvalue weighted by molar-refractivity contribution is 5.23. The second-order valence-corrected chi connectivity index (χ2v) is 7.82. The summed E-state index contributed by atoms with van der Waals surface area (Å²) >= 11 is 0. The van der Waals surface area contributed by atoms with Crippen LogP contribution in [0, 0.1) is 5.92 Å². The van der Waals surface area contributed by atoms with Gasteiger partial charge in [-0.3, -0.25) is 4.90 Å². The van der Waals surface area contributed by atoms with Crippen molar-refractivity contribution < 1.29 is 0 Å². The Labute approximate surface area is 152 Å². The highest BCUT2D eigenvalue weighted by Gasteiger charge is 2.34. The van der Waals surface area contributed by atoms with Gasteiger partial charge in [-0.2, -0.15) is 0 Å². The molecule has 2 saturated heterocycles. The summed E-state index contributed by atoms with van der Waals surface area (Å²) < 4.78 is 0. The lowest BCUT2D eigenvalue weighted by Gasteiger charge is -2.31. The summed E-state index contributed by atoms with van der Waals surface area (Å²) in [5, 5.41) is 0. The number of rotatable bonds is 5. The number of likely N-dealkylation sites (tertiary alicyclic amines) is 2. The van der Waals surface area contributed by atoms with Gasteiger partial charge >= 0.3 is 0 Å². The van der Waals surface area contributed by atoms with Crippen molar-refractivity contribution in [3.8, 4) is 0 Å². The minimum absolute atomic E-state index is 0.673. The minimum atomic E-state index is 0.673. The van der Waals surface area contributed by atoms with Crippen LogP contribution in [-0.2, 0) is 6.54 Å². The van der Waals surface area contributed by atoms with Gasteiger partial charge in [0, 0.05) is 32.1 Å². The van der Waals surface area contributed by atoms with Crippen LogP contribution in [-0.4, -0.2) is 42.5 Å².